The second-order valence-corrected chi connectivity index (χ2v) is 6.13. The van der Waals surface area contributed by atoms with E-state index >= 15 is 0 Å². The van der Waals surface area contributed by atoms with E-state index in [1.165, 1.54) is 0 Å². The van der Waals surface area contributed by atoms with Crippen molar-refractivity contribution < 1.29 is 12.8 Å². The highest BCUT2D eigenvalue weighted by atomic mass is 32.2. The average Bonchev–Trinajstić information content (AvgIpc) is 2.05. The van der Waals surface area contributed by atoms with E-state index in [2.05, 4.69) is 0 Å². The molecular weight excluding hydrogens is 191 g/mol. The zero-order valence-corrected chi connectivity index (χ0v) is 9.03. The number of halogens is 1. The van der Waals surface area contributed by atoms with Gasteiger partial charge < -0.3 is 0 Å². The Bertz CT molecular complexity index is 267. The van der Waals surface area contributed by atoms with Crippen molar-refractivity contribution in [2.75, 3.05) is 11.5 Å². The minimum atomic E-state index is -3.10. The molecule has 0 saturated carbocycles. The van der Waals surface area contributed by atoms with Crippen LogP contribution in [0, 0.1) is 5.41 Å². The van der Waals surface area contributed by atoms with Crippen molar-refractivity contribution >= 4 is 9.84 Å². The first-order chi connectivity index (χ1) is 5.96. The van der Waals surface area contributed by atoms with Crippen molar-refractivity contribution in [1.29, 1.82) is 0 Å². The second kappa shape index (κ2) is 3.56. The lowest BCUT2D eigenvalue weighted by molar-refractivity contribution is 0.0989. The quantitative estimate of drug-likeness (QED) is 0.695. The Morgan fingerprint density at radius 3 is 2.31 bits per heavy atom. The van der Waals surface area contributed by atoms with Gasteiger partial charge in [0, 0.05) is 5.41 Å². The van der Waals surface area contributed by atoms with Crippen molar-refractivity contribution in [3.8, 4) is 0 Å². The Hall–Kier alpha value is -0.120. The molecule has 1 aliphatic rings. The SMILES string of the molecule is CCC1(CC)CCS(=O)(=O)CC1F. The first-order valence-electron chi connectivity index (χ1n) is 4.80. The van der Waals surface area contributed by atoms with E-state index < -0.39 is 16.0 Å². The normalized spacial score (nSPS) is 31.5. The zero-order chi connectivity index (χ0) is 10.1. The minimum Gasteiger partial charge on any atom is -0.246 e. The van der Waals surface area contributed by atoms with Gasteiger partial charge in [0.05, 0.1) is 11.5 Å². The molecule has 78 valence electrons. The third-order valence-corrected chi connectivity index (χ3v) is 5.01. The molecule has 2 nitrogen and oxygen atoms in total. The molecule has 1 fully saturated rings. The van der Waals surface area contributed by atoms with E-state index in [-0.39, 0.29) is 16.9 Å². The van der Waals surface area contributed by atoms with E-state index in [9.17, 15) is 12.8 Å². The van der Waals surface area contributed by atoms with E-state index in [4.69, 9.17) is 0 Å². The van der Waals surface area contributed by atoms with Crippen LogP contribution in [0.15, 0.2) is 0 Å². The van der Waals surface area contributed by atoms with Gasteiger partial charge in [-0.3, -0.25) is 0 Å². The lowest BCUT2D eigenvalue weighted by atomic mass is 9.76. The van der Waals surface area contributed by atoms with Crippen LogP contribution in [0.25, 0.3) is 0 Å². The molecule has 1 unspecified atom stereocenters. The van der Waals surface area contributed by atoms with Crippen LogP contribution in [0.3, 0.4) is 0 Å². The van der Waals surface area contributed by atoms with Gasteiger partial charge in [-0.15, -0.1) is 0 Å². The second-order valence-electron chi connectivity index (χ2n) is 3.90. The van der Waals surface area contributed by atoms with Crippen molar-refractivity contribution in [2.45, 2.75) is 39.3 Å². The molecular formula is C9H17FO2S. The van der Waals surface area contributed by atoms with E-state index in [1.54, 1.807) is 0 Å². The van der Waals surface area contributed by atoms with Gasteiger partial charge in [0.15, 0.2) is 9.84 Å². The summed E-state index contributed by atoms with van der Waals surface area (Å²) in [4.78, 5) is 0. The van der Waals surface area contributed by atoms with Gasteiger partial charge in [-0.25, -0.2) is 12.8 Å². The van der Waals surface area contributed by atoms with Gasteiger partial charge in [-0.05, 0) is 19.3 Å². The zero-order valence-electron chi connectivity index (χ0n) is 8.22. The van der Waals surface area contributed by atoms with E-state index in [1.807, 2.05) is 13.8 Å². The van der Waals surface area contributed by atoms with Crippen molar-refractivity contribution in [3.05, 3.63) is 0 Å². The van der Waals surface area contributed by atoms with E-state index in [0.717, 1.165) is 12.8 Å². The van der Waals surface area contributed by atoms with Gasteiger partial charge in [-0.2, -0.15) is 0 Å². The monoisotopic (exact) mass is 208 g/mol. The number of sulfone groups is 1. The third-order valence-electron chi connectivity index (χ3n) is 3.38. The van der Waals surface area contributed by atoms with Gasteiger partial charge >= 0.3 is 0 Å². The van der Waals surface area contributed by atoms with Crippen LogP contribution in [0.4, 0.5) is 4.39 Å². The minimum absolute atomic E-state index is 0.162. The lowest BCUT2D eigenvalue weighted by Crippen LogP contribution is -2.43. The maximum absolute atomic E-state index is 13.6. The Balaban J connectivity index is 2.83. The average molecular weight is 208 g/mol. The molecule has 0 amide bonds. The summed E-state index contributed by atoms with van der Waals surface area (Å²) in [5.41, 5.74) is -0.370. The Kier molecular flexibility index (Phi) is 3.00. The van der Waals surface area contributed by atoms with Crippen LogP contribution < -0.4 is 0 Å². The number of rotatable bonds is 2. The smallest absolute Gasteiger partial charge is 0.153 e. The topological polar surface area (TPSA) is 34.1 Å². The standard InChI is InChI=1S/C9H17FO2S/c1-3-9(4-2)5-6-13(11,12)7-8(9)10/h8H,3-7H2,1-2H3. The summed E-state index contributed by atoms with van der Waals surface area (Å²) in [5, 5.41) is 0. The Morgan fingerprint density at radius 2 is 1.92 bits per heavy atom. The lowest BCUT2D eigenvalue weighted by Gasteiger charge is -2.38. The molecule has 1 saturated heterocycles. The van der Waals surface area contributed by atoms with Crippen LogP contribution in [0.2, 0.25) is 0 Å². The van der Waals surface area contributed by atoms with Crippen LogP contribution in [-0.2, 0) is 9.84 Å². The molecule has 0 aromatic rings. The molecule has 4 heteroatoms. The summed E-state index contributed by atoms with van der Waals surface area (Å²) < 4.78 is 35.9. The molecule has 0 spiro atoms. The van der Waals surface area contributed by atoms with Crippen LogP contribution in [0.1, 0.15) is 33.1 Å². The fourth-order valence-electron chi connectivity index (χ4n) is 2.04. The Labute approximate surface area is 79.4 Å². The van der Waals surface area contributed by atoms with Gasteiger partial charge in [-0.1, -0.05) is 13.8 Å². The molecule has 0 radical (unpaired) electrons. The molecule has 0 aromatic heterocycles. The summed E-state index contributed by atoms with van der Waals surface area (Å²) in [5.74, 6) is -0.107. The van der Waals surface area contributed by atoms with Gasteiger partial charge in [0.2, 0.25) is 0 Å². The molecule has 1 heterocycles. The highest BCUT2D eigenvalue weighted by molar-refractivity contribution is 7.91. The summed E-state index contributed by atoms with van der Waals surface area (Å²) >= 11 is 0. The highest BCUT2D eigenvalue weighted by Crippen LogP contribution is 2.40. The molecule has 1 aliphatic heterocycles. The number of alkyl halides is 1. The van der Waals surface area contributed by atoms with Crippen molar-refractivity contribution in [1.82, 2.24) is 0 Å². The van der Waals surface area contributed by atoms with Crippen molar-refractivity contribution in [3.63, 3.8) is 0 Å². The van der Waals surface area contributed by atoms with Gasteiger partial charge in [0.1, 0.15) is 6.17 Å². The van der Waals surface area contributed by atoms with Crippen LogP contribution in [0.5, 0.6) is 0 Å². The Morgan fingerprint density at radius 1 is 1.38 bits per heavy atom. The van der Waals surface area contributed by atoms with Crippen molar-refractivity contribution in [2.24, 2.45) is 5.41 Å². The highest BCUT2D eigenvalue weighted by Gasteiger charge is 2.43. The molecule has 0 aliphatic carbocycles. The predicted octanol–water partition coefficient (Wildman–Crippen LogP) is 1.95. The molecule has 1 atom stereocenters. The molecule has 0 aromatic carbocycles. The first-order valence-corrected chi connectivity index (χ1v) is 6.62. The summed E-state index contributed by atoms with van der Waals surface area (Å²) in [7, 11) is -3.10. The maximum atomic E-state index is 13.6. The largest absolute Gasteiger partial charge is 0.246 e. The summed E-state index contributed by atoms with van der Waals surface area (Å²) in [6.07, 6.45) is 0.797. The number of hydrogen-bond acceptors (Lipinski definition) is 2. The maximum Gasteiger partial charge on any atom is 0.153 e. The summed E-state index contributed by atoms with van der Waals surface area (Å²) in [6, 6.07) is 0. The molecule has 13 heavy (non-hydrogen) atoms. The first kappa shape index (κ1) is 11.0. The van der Waals surface area contributed by atoms with Crippen LogP contribution in [-0.4, -0.2) is 26.1 Å². The molecule has 1 rings (SSSR count). The van der Waals surface area contributed by atoms with Gasteiger partial charge in [0.25, 0.3) is 0 Å². The predicted molar refractivity (Wildman–Crippen MR) is 51.2 cm³/mol. The third kappa shape index (κ3) is 2.03. The fourth-order valence-corrected chi connectivity index (χ4v) is 3.73. The fraction of sp³-hybridized carbons (Fsp3) is 1.00. The molecule has 0 N–H and O–H groups in total. The number of hydrogen-bond donors (Lipinski definition) is 0. The summed E-state index contributed by atoms with van der Waals surface area (Å²) in [6.45, 7) is 3.88. The molecule has 0 bridgehead atoms. The van der Waals surface area contributed by atoms with Crippen LogP contribution >= 0.6 is 0 Å². The van der Waals surface area contributed by atoms with E-state index in [0.29, 0.717) is 6.42 Å².